The highest BCUT2D eigenvalue weighted by Gasteiger charge is 2.18. The molecule has 1 fully saturated rings. The average molecular weight is 282 g/mol. The van der Waals surface area contributed by atoms with Crippen LogP contribution in [0.2, 0.25) is 0 Å². The Labute approximate surface area is 118 Å². The zero-order chi connectivity index (χ0) is 13.8. The minimum absolute atomic E-state index is 0.0548. The Morgan fingerprint density at radius 2 is 2.47 bits per heavy atom. The van der Waals surface area contributed by atoms with Crippen molar-refractivity contribution in [2.24, 2.45) is 0 Å². The number of carbonyl (C=O) groups excluding carboxylic acids is 1. The number of aromatic nitrogens is 1. The highest BCUT2D eigenvalue weighted by Crippen LogP contribution is 2.21. The first kappa shape index (κ1) is 14.4. The van der Waals surface area contributed by atoms with Crippen LogP contribution in [-0.2, 0) is 11.3 Å². The Morgan fingerprint density at radius 3 is 3.11 bits per heavy atom. The first-order chi connectivity index (χ1) is 9.10. The summed E-state index contributed by atoms with van der Waals surface area (Å²) in [5.41, 5.74) is 1.06. The van der Waals surface area contributed by atoms with Gasteiger partial charge in [0.25, 0.3) is 0 Å². The van der Waals surface area contributed by atoms with E-state index in [1.54, 1.807) is 23.2 Å². The summed E-state index contributed by atoms with van der Waals surface area (Å²) in [4.78, 5) is 20.2. The Hall–Kier alpha value is -0.980. The molecule has 0 spiro atoms. The Kier molecular flexibility index (Phi) is 4.90. The van der Waals surface area contributed by atoms with E-state index in [0.29, 0.717) is 12.6 Å². The quantitative estimate of drug-likeness (QED) is 0.904. The van der Waals surface area contributed by atoms with E-state index >= 15 is 0 Å². The predicted octanol–water partition coefficient (Wildman–Crippen LogP) is 1.31. The predicted molar refractivity (Wildman–Crippen MR) is 78.6 cm³/mol. The van der Waals surface area contributed by atoms with E-state index in [4.69, 9.17) is 0 Å². The number of rotatable bonds is 4. The molecule has 1 aliphatic heterocycles. The molecule has 5 nitrogen and oxygen atoms in total. The molecule has 1 aromatic heterocycles. The maximum atomic E-state index is 11.5. The lowest BCUT2D eigenvalue weighted by Gasteiger charge is -2.31. The molecule has 0 bridgehead atoms. The molecule has 0 aliphatic carbocycles. The number of carbonyl (C=O) groups is 1. The molecular weight excluding hydrogens is 260 g/mol. The number of amides is 1. The Bertz CT molecular complexity index is 434. The minimum Gasteiger partial charge on any atom is -0.312 e. The van der Waals surface area contributed by atoms with E-state index in [1.165, 1.54) is 0 Å². The van der Waals surface area contributed by atoms with E-state index in [0.717, 1.165) is 37.0 Å². The molecule has 1 aliphatic rings. The summed E-state index contributed by atoms with van der Waals surface area (Å²) in [6.45, 7) is 10.5. The second kappa shape index (κ2) is 6.45. The molecule has 2 heterocycles. The first-order valence-electron chi connectivity index (χ1n) is 6.78. The van der Waals surface area contributed by atoms with E-state index in [9.17, 15) is 4.79 Å². The lowest BCUT2D eigenvalue weighted by atomic mass is 10.2. The number of hydrogen-bond donors (Lipinski definition) is 1. The molecular formula is C13H22N4OS. The van der Waals surface area contributed by atoms with E-state index in [2.05, 4.69) is 27.5 Å². The number of thiazole rings is 1. The number of nitrogens with one attached hydrogen (secondary N) is 1. The molecule has 1 aromatic rings. The van der Waals surface area contributed by atoms with Crippen molar-refractivity contribution in [1.82, 2.24) is 15.2 Å². The van der Waals surface area contributed by atoms with Gasteiger partial charge in [0, 0.05) is 51.1 Å². The van der Waals surface area contributed by atoms with Gasteiger partial charge >= 0.3 is 0 Å². The fourth-order valence-corrected chi connectivity index (χ4v) is 3.29. The summed E-state index contributed by atoms with van der Waals surface area (Å²) >= 11 is 1.55. The fourth-order valence-electron chi connectivity index (χ4n) is 2.37. The van der Waals surface area contributed by atoms with Crippen molar-refractivity contribution in [3.63, 3.8) is 0 Å². The van der Waals surface area contributed by atoms with Crippen LogP contribution in [0.4, 0.5) is 5.13 Å². The van der Waals surface area contributed by atoms with Gasteiger partial charge in [-0.3, -0.25) is 14.6 Å². The summed E-state index contributed by atoms with van der Waals surface area (Å²) in [6, 6.07) is 0.538. The maximum Gasteiger partial charge on any atom is 0.225 e. The third-order valence-corrected chi connectivity index (χ3v) is 4.22. The van der Waals surface area contributed by atoms with Gasteiger partial charge in [0.15, 0.2) is 5.13 Å². The summed E-state index contributed by atoms with van der Waals surface area (Å²) < 4.78 is 0. The zero-order valence-electron chi connectivity index (χ0n) is 11.8. The molecule has 1 N–H and O–H groups in total. The second-order valence-electron chi connectivity index (χ2n) is 4.97. The van der Waals surface area contributed by atoms with Crippen LogP contribution in [0.1, 0.15) is 26.5 Å². The molecule has 0 saturated carbocycles. The molecule has 19 heavy (non-hydrogen) atoms. The van der Waals surface area contributed by atoms with Crippen LogP contribution in [0.25, 0.3) is 0 Å². The molecule has 1 saturated heterocycles. The molecule has 106 valence electrons. The van der Waals surface area contributed by atoms with Crippen LogP contribution >= 0.6 is 11.3 Å². The van der Waals surface area contributed by atoms with Crippen molar-refractivity contribution in [3.05, 3.63) is 11.1 Å². The van der Waals surface area contributed by atoms with Crippen LogP contribution in [0.15, 0.2) is 5.38 Å². The Morgan fingerprint density at radius 1 is 1.68 bits per heavy atom. The van der Waals surface area contributed by atoms with Gasteiger partial charge in [0.05, 0.1) is 5.69 Å². The Balaban J connectivity index is 1.98. The highest BCUT2D eigenvalue weighted by atomic mass is 32.1. The van der Waals surface area contributed by atoms with E-state index in [1.807, 2.05) is 6.92 Å². The van der Waals surface area contributed by atoms with Gasteiger partial charge in [0.1, 0.15) is 0 Å². The average Bonchev–Trinajstić information content (AvgIpc) is 2.78. The third-order valence-electron chi connectivity index (χ3n) is 3.31. The topological polar surface area (TPSA) is 48.5 Å². The molecule has 6 heteroatoms. The number of nitrogens with zero attached hydrogens (tertiary/aromatic N) is 3. The monoisotopic (exact) mass is 282 g/mol. The van der Waals surface area contributed by atoms with Gasteiger partial charge in [-0.1, -0.05) is 0 Å². The molecule has 2 rings (SSSR count). The van der Waals surface area contributed by atoms with Crippen molar-refractivity contribution in [3.8, 4) is 0 Å². The summed E-state index contributed by atoms with van der Waals surface area (Å²) in [7, 11) is 0. The lowest BCUT2D eigenvalue weighted by molar-refractivity contribution is -0.116. The normalized spacial score (nSPS) is 20.5. The summed E-state index contributed by atoms with van der Waals surface area (Å²) in [6.07, 6.45) is 0. The second-order valence-corrected chi connectivity index (χ2v) is 5.81. The SMILES string of the molecule is CCN(C(C)=O)c1nc(CN2CCNC(C)C2)cs1. The minimum atomic E-state index is 0.0548. The van der Waals surface area contributed by atoms with Crippen LogP contribution < -0.4 is 10.2 Å². The molecule has 0 radical (unpaired) electrons. The molecule has 0 aromatic carbocycles. The number of piperazine rings is 1. The largest absolute Gasteiger partial charge is 0.312 e. The zero-order valence-corrected chi connectivity index (χ0v) is 12.7. The van der Waals surface area contributed by atoms with Crippen molar-refractivity contribution in [1.29, 1.82) is 0 Å². The molecule has 1 unspecified atom stereocenters. The van der Waals surface area contributed by atoms with Crippen molar-refractivity contribution < 1.29 is 4.79 Å². The van der Waals surface area contributed by atoms with Gasteiger partial charge in [-0.2, -0.15) is 0 Å². The number of anilines is 1. The van der Waals surface area contributed by atoms with Gasteiger partial charge in [-0.05, 0) is 13.8 Å². The highest BCUT2D eigenvalue weighted by molar-refractivity contribution is 7.14. The third kappa shape index (κ3) is 3.75. The van der Waals surface area contributed by atoms with Gasteiger partial charge < -0.3 is 5.32 Å². The van der Waals surface area contributed by atoms with Gasteiger partial charge in [-0.25, -0.2) is 4.98 Å². The van der Waals surface area contributed by atoms with E-state index in [-0.39, 0.29) is 5.91 Å². The van der Waals surface area contributed by atoms with Crippen molar-refractivity contribution in [2.75, 3.05) is 31.1 Å². The maximum absolute atomic E-state index is 11.5. The smallest absolute Gasteiger partial charge is 0.225 e. The standard InChI is InChI=1S/C13H22N4OS/c1-4-17(11(3)18)13-15-12(9-19-13)8-16-6-5-14-10(2)7-16/h9-10,14H,4-8H2,1-3H3. The lowest BCUT2D eigenvalue weighted by Crippen LogP contribution is -2.48. The van der Waals surface area contributed by atoms with Crippen LogP contribution in [-0.4, -0.2) is 48.0 Å². The van der Waals surface area contributed by atoms with Crippen LogP contribution in [0, 0.1) is 0 Å². The van der Waals surface area contributed by atoms with Crippen molar-refractivity contribution >= 4 is 22.4 Å². The fraction of sp³-hybridized carbons (Fsp3) is 0.692. The molecule has 1 atom stereocenters. The van der Waals surface area contributed by atoms with Gasteiger partial charge in [-0.15, -0.1) is 11.3 Å². The first-order valence-corrected chi connectivity index (χ1v) is 7.66. The van der Waals surface area contributed by atoms with Crippen molar-refractivity contribution in [2.45, 2.75) is 33.4 Å². The van der Waals surface area contributed by atoms with Gasteiger partial charge in [0.2, 0.25) is 5.91 Å². The van der Waals surface area contributed by atoms with Crippen LogP contribution in [0.5, 0.6) is 0 Å². The molecule has 1 amide bonds. The van der Waals surface area contributed by atoms with Crippen LogP contribution in [0.3, 0.4) is 0 Å². The van der Waals surface area contributed by atoms with E-state index < -0.39 is 0 Å². The number of hydrogen-bond acceptors (Lipinski definition) is 5. The summed E-state index contributed by atoms with van der Waals surface area (Å²) in [5.74, 6) is 0.0548. The summed E-state index contributed by atoms with van der Waals surface area (Å²) in [5, 5.41) is 6.31.